The van der Waals surface area contributed by atoms with E-state index in [4.69, 9.17) is 4.42 Å². The van der Waals surface area contributed by atoms with Gasteiger partial charge in [0.05, 0.1) is 0 Å². The highest BCUT2D eigenvalue weighted by Gasteiger charge is 2.30. The first-order chi connectivity index (χ1) is 15.6. The van der Waals surface area contributed by atoms with Crippen LogP contribution in [-0.4, -0.2) is 0 Å². The van der Waals surface area contributed by atoms with Crippen molar-refractivity contribution in [2.24, 2.45) is 5.41 Å². The molecule has 0 aliphatic heterocycles. The van der Waals surface area contributed by atoms with E-state index in [9.17, 15) is 0 Å². The Morgan fingerprint density at radius 1 is 0.812 bits per heavy atom. The third kappa shape index (κ3) is 3.00. The summed E-state index contributed by atoms with van der Waals surface area (Å²) >= 11 is 0. The van der Waals surface area contributed by atoms with Crippen molar-refractivity contribution in [3.8, 4) is 11.1 Å². The van der Waals surface area contributed by atoms with E-state index >= 15 is 0 Å². The Kier molecular flexibility index (Phi) is 4.33. The predicted molar refractivity (Wildman–Crippen MR) is 136 cm³/mol. The molecule has 1 aromatic heterocycles. The van der Waals surface area contributed by atoms with Gasteiger partial charge in [0.15, 0.2) is 0 Å². The third-order valence-corrected chi connectivity index (χ3v) is 7.33. The zero-order chi connectivity index (χ0) is 21.7. The van der Waals surface area contributed by atoms with E-state index < -0.39 is 0 Å². The second-order valence-electron chi connectivity index (χ2n) is 9.32. The van der Waals surface area contributed by atoms with Crippen LogP contribution in [0.15, 0.2) is 108 Å². The minimum absolute atomic E-state index is 0.0998. The molecule has 1 heterocycles. The number of allylic oxidation sites excluding steroid dienone is 4. The average molecular weight is 415 g/mol. The molecule has 0 N–H and O–H groups in total. The fraction of sp³-hybridized carbons (Fsp3) is 0.161. The van der Waals surface area contributed by atoms with Gasteiger partial charge >= 0.3 is 0 Å². The molecule has 2 unspecified atom stereocenters. The Labute approximate surface area is 188 Å². The standard InChI is InChI=1S/C31H26O/c1-21(31(2)16-8-3-9-17-31)25-19-27(24-15-14-22-10-4-5-11-23(22)18-24)30-28(20-25)26-12-6-7-13-29(26)32-30/h3-16,18-21H,17H2,1-2H3. The molecule has 1 heteroatoms. The van der Waals surface area contributed by atoms with Crippen molar-refractivity contribution >= 4 is 32.7 Å². The maximum atomic E-state index is 6.43. The molecule has 156 valence electrons. The van der Waals surface area contributed by atoms with Crippen molar-refractivity contribution in [2.75, 3.05) is 0 Å². The minimum Gasteiger partial charge on any atom is -0.455 e. The summed E-state index contributed by atoms with van der Waals surface area (Å²) in [5.74, 6) is 0.376. The summed E-state index contributed by atoms with van der Waals surface area (Å²) in [4.78, 5) is 0. The van der Waals surface area contributed by atoms with E-state index in [0.29, 0.717) is 5.92 Å². The van der Waals surface area contributed by atoms with Crippen LogP contribution in [0, 0.1) is 5.41 Å². The van der Waals surface area contributed by atoms with Gasteiger partial charge in [0, 0.05) is 16.3 Å². The van der Waals surface area contributed by atoms with Crippen LogP contribution in [-0.2, 0) is 0 Å². The Bertz CT molecular complexity index is 1530. The van der Waals surface area contributed by atoms with Crippen LogP contribution in [0.2, 0.25) is 0 Å². The second kappa shape index (κ2) is 7.24. The first-order valence-corrected chi connectivity index (χ1v) is 11.4. The monoisotopic (exact) mass is 414 g/mol. The topological polar surface area (TPSA) is 13.1 Å². The summed E-state index contributed by atoms with van der Waals surface area (Å²) in [6, 6.07) is 28.4. The van der Waals surface area contributed by atoms with Crippen molar-refractivity contribution in [1.29, 1.82) is 0 Å². The third-order valence-electron chi connectivity index (χ3n) is 7.33. The van der Waals surface area contributed by atoms with Crippen molar-refractivity contribution in [3.63, 3.8) is 0 Å². The van der Waals surface area contributed by atoms with Gasteiger partial charge in [-0.3, -0.25) is 0 Å². The fourth-order valence-corrected chi connectivity index (χ4v) is 5.12. The Morgan fingerprint density at radius 3 is 2.47 bits per heavy atom. The van der Waals surface area contributed by atoms with E-state index in [1.807, 2.05) is 6.07 Å². The Morgan fingerprint density at radius 2 is 1.62 bits per heavy atom. The lowest BCUT2D eigenvalue weighted by atomic mass is 9.70. The van der Waals surface area contributed by atoms with Gasteiger partial charge in [0.1, 0.15) is 11.2 Å². The molecule has 1 aliphatic carbocycles. The smallest absolute Gasteiger partial charge is 0.143 e. The lowest BCUT2D eigenvalue weighted by molar-refractivity contribution is 0.355. The minimum atomic E-state index is 0.0998. The highest BCUT2D eigenvalue weighted by molar-refractivity contribution is 6.10. The molecule has 0 bridgehead atoms. The predicted octanol–water partition coefficient (Wildman–Crippen LogP) is 9.03. The molecule has 6 rings (SSSR count). The summed E-state index contributed by atoms with van der Waals surface area (Å²) in [6.07, 6.45) is 10.1. The molecule has 32 heavy (non-hydrogen) atoms. The molecule has 0 saturated heterocycles. The number of hydrogen-bond donors (Lipinski definition) is 0. The number of benzene rings is 4. The SMILES string of the molecule is CC(c1cc(-c2ccc3ccccc3c2)c2oc3ccccc3c2c1)C1(C)C=CC=CC1. The molecule has 4 aromatic carbocycles. The van der Waals surface area contributed by atoms with Gasteiger partial charge in [-0.05, 0) is 63.9 Å². The average Bonchev–Trinajstić information content (AvgIpc) is 3.22. The Hall–Kier alpha value is -3.58. The van der Waals surface area contributed by atoms with Gasteiger partial charge in [0.25, 0.3) is 0 Å². The van der Waals surface area contributed by atoms with Gasteiger partial charge in [0.2, 0.25) is 0 Å². The molecular formula is C31H26O. The van der Waals surface area contributed by atoms with Gasteiger partial charge < -0.3 is 4.42 Å². The van der Waals surface area contributed by atoms with Gasteiger partial charge in [-0.2, -0.15) is 0 Å². The second-order valence-corrected chi connectivity index (χ2v) is 9.32. The van der Waals surface area contributed by atoms with E-state index in [-0.39, 0.29) is 5.41 Å². The lowest BCUT2D eigenvalue weighted by Gasteiger charge is -2.34. The summed E-state index contributed by atoms with van der Waals surface area (Å²) in [7, 11) is 0. The first kappa shape index (κ1) is 19.1. The fourth-order valence-electron chi connectivity index (χ4n) is 5.12. The molecule has 0 spiro atoms. The van der Waals surface area contributed by atoms with Crippen molar-refractivity contribution < 1.29 is 4.42 Å². The van der Waals surface area contributed by atoms with Gasteiger partial charge in [-0.1, -0.05) is 92.7 Å². The molecule has 5 aromatic rings. The number of furan rings is 1. The molecule has 0 fully saturated rings. The zero-order valence-electron chi connectivity index (χ0n) is 18.5. The van der Waals surface area contributed by atoms with Crippen LogP contribution in [0.1, 0.15) is 31.7 Å². The molecule has 0 amide bonds. The van der Waals surface area contributed by atoms with E-state index in [1.165, 1.54) is 38.2 Å². The molecular weight excluding hydrogens is 388 g/mol. The van der Waals surface area contributed by atoms with E-state index in [0.717, 1.165) is 17.6 Å². The Balaban J connectivity index is 1.62. The maximum absolute atomic E-state index is 6.43. The highest BCUT2D eigenvalue weighted by Crippen LogP contribution is 2.45. The van der Waals surface area contributed by atoms with Gasteiger partial charge in [-0.15, -0.1) is 0 Å². The van der Waals surface area contributed by atoms with Crippen molar-refractivity contribution in [2.45, 2.75) is 26.2 Å². The quantitative estimate of drug-likeness (QED) is 0.287. The number of rotatable bonds is 3. The van der Waals surface area contributed by atoms with Crippen LogP contribution in [0.4, 0.5) is 0 Å². The first-order valence-electron chi connectivity index (χ1n) is 11.4. The van der Waals surface area contributed by atoms with Crippen LogP contribution in [0.3, 0.4) is 0 Å². The van der Waals surface area contributed by atoms with Crippen LogP contribution in [0.25, 0.3) is 43.8 Å². The largest absolute Gasteiger partial charge is 0.455 e. The highest BCUT2D eigenvalue weighted by atomic mass is 16.3. The summed E-state index contributed by atoms with van der Waals surface area (Å²) in [5.41, 5.74) is 5.75. The number of fused-ring (bicyclic) bond motifs is 4. The van der Waals surface area contributed by atoms with Gasteiger partial charge in [-0.25, -0.2) is 0 Å². The maximum Gasteiger partial charge on any atom is 0.143 e. The summed E-state index contributed by atoms with van der Waals surface area (Å²) < 4.78 is 6.43. The zero-order valence-corrected chi connectivity index (χ0v) is 18.5. The number of para-hydroxylation sites is 1. The van der Waals surface area contributed by atoms with E-state index in [1.54, 1.807) is 0 Å². The lowest BCUT2D eigenvalue weighted by Crippen LogP contribution is -2.22. The number of hydrogen-bond acceptors (Lipinski definition) is 1. The summed E-state index contributed by atoms with van der Waals surface area (Å²) in [6.45, 7) is 4.72. The molecule has 1 nitrogen and oxygen atoms in total. The summed E-state index contributed by atoms with van der Waals surface area (Å²) in [5, 5.41) is 4.89. The van der Waals surface area contributed by atoms with E-state index in [2.05, 4.69) is 111 Å². The van der Waals surface area contributed by atoms with Crippen LogP contribution < -0.4 is 0 Å². The van der Waals surface area contributed by atoms with Crippen molar-refractivity contribution in [3.05, 3.63) is 109 Å². The van der Waals surface area contributed by atoms with Crippen LogP contribution >= 0.6 is 0 Å². The van der Waals surface area contributed by atoms with Crippen molar-refractivity contribution in [1.82, 2.24) is 0 Å². The van der Waals surface area contributed by atoms with Crippen LogP contribution in [0.5, 0.6) is 0 Å². The molecule has 0 saturated carbocycles. The molecule has 1 aliphatic rings. The normalized spacial score (nSPS) is 19.2. The molecule has 0 radical (unpaired) electrons. The molecule has 2 atom stereocenters.